The maximum Gasteiger partial charge on any atom is 0.324 e. The lowest BCUT2D eigenvalue weighted by Gasteiger charge is -2.28. The number of halogens is 4. The number of benzene rings is 1. The van der Waals surface area contributed by atoms with E-state index in [2.05, 4.69) is 5.32 Å². The van der Waals surface area contributed by atoms with Crippen molar-refractivity contribution in [3.8, 4) is 0 Å². The first-order chi connectivity index (χ1) is 8.92. The van der Waals surface area contributed by atoms with Gasteiger partial charge in [-0.25, -0.2) is 8.78 Å². The maximum atomic E-state index is 13.1. The van der Waals surface area contributed by atoms with E-state index in [0.717, 1.165) is 4.90 Å². The van der Waals surface area contributed by atoms with E-state index in [1.807, 2.05) is 0 Å². The first-order valence-corrected chi connectivity index (χ1v) is 5.65. The van der Waals surface area contributed by atoms with Crippen LogP contribution in [0.2, 0.25) is 0 Å². The molecule has 1 unspecified atom stereocenters. The zero-order chi connectivity index (χ0) is 14.0. The molecule has 1 aromatic rings. The van der Waals surface area contributed by atoms with Gasteiger partial charge in [0.2, 0.25) is 5.91 Å². The number of nitrogens with one attached hydrogen (secondary N) is 1. The third-order valence-corrected chi connectivity index (χ3v) is 2.89. The third kappa shape index (κ3) is 2.86. The summed E-state index contributed by atoms with van der Waals surface area (Å²) in [4.78, 5) is 12.3. The molecule has 1 saturated heterocycles. The summed E-state index contributed by atoms with van der Waals surface area (Å²) in [5.41, 5.74) is 0.582. The van der Waals surface area contributed by atoms with Crippen LogP contribution in [-0.2, 0) is 4.79 Å². The van der Waals surface area contributed by atoms with Gasteiger partial charge in [-0.1, -0.05) is 30.3 Å². The lowest BCUT2D eigenvalue weighted by molar-refractivity contribution is -0.156. The molecule has 0 bridgehead atoms. The van der Waals surface area contributed by atoms with Gasteiger partial charge in [-0.2, -0.15) is 8.78 Å². The summed E-state index contributed by atoms with van der Waals surface area (Å²) in [7, 11) is 0. The van der Waals surface area contributed by atoms with Crippen LogP contribution in [0.15, 0.2) is 30.3 Å². The second kappa shape index (κ2) is 5.16. The molecule has 0 saturated carbocycles. The molecule has 1 aliphatic rings. The Morgan fingerprint density at radius 3 is 2.53 bits per heavy atom. The highest BCUT2D eigenvalue weighted by Crippen LogP contribution is 2.29. The molecule has 1 aromatic carbocycles. The van der Waals surface area contributed by atoms with Crippen molar-refractivity contribution in [3.05, 3.63) is 35.9 Å². The Hall–Kier alpha value is -1.63. The predicted molar refractivity (Wildman–Crippen MR) is 59.8 cm³/mol. The fourth-order valence-electron chi connectivity index (χ4n) is 1.95. The third-order valence-electron chi connectivity index (χ3n) is 2.89. The van der Waals surface area contributed by atoms with Crippen LogP contribution < -0.4 is 5.32 Å². The quantitative estimate of drug-likeness (QED) is 0.853. The van der Waals surface area contributed by atoms with Crippen LogP contribution >= 0.6 is 0 Å². The van der Waals surface area contributed by atoms with Gasteiger partial charge in [-0.3, -0.25) is 10.1 Å². The molecule has 1 amide bonds. The molecule has 0 spiro atoms. The van der Waals surface area contributed by atoms with Gasteiger partial charge >= 0.3 is 12.3 Å². The molecule has 3 nitrogen and oxygen atoms in total. The molecule has 1 heterocycles. The maximum absolute atomic E-state index is 13.1. The largest absolute Gasteiger partial charge is 0.324 e. The smallest absolute Gasteiger partial charge is 0.316 e. The van der Waals surface area contributed by atoms with Crippen molar-refractivity contribution in [2.75, 3.05) is 13.1 Å². The second-order valence-electron chi connectivity index (χ2n) is 4.28. The number of hydrogen-bond donors (Lipinski definition) is 1. The van der Waals surface area contributed by atoms with Crippen molar-refractivity contribution in [2.45, 2.75) is 18.5 Å². The van der Waals surface area contributed by atoms with Gasteiger partial charge in [0.15, 0.2) is 0 Å². The number of hydrogen-bond acceptors (Lipinski definition) is 2. The summed E-state index contributed by atoms with van der Waals surface area (Å²) in [6.45, 7) is -1.44. The Morgan fingerprint density at radius 1 is 1.32 bits per heavy atom. The molecule has 7 heteroatoms. The first kappa shape index (κ1) is 13.8. The van der Waals surface area contributed by atoms with Crippen LogP contribution in [0.4, 0.5) is 17.6 Å². The number of carbonyl (C=O) groups excluding carboxylic acids is 1. The molecule has 2 rings (SSSR count). The summed E-state index contributed by atoms with van der Waals surface area (Å²) < 4.78 is 50.6. The molecular weight excluding hydrogens is 264 g/mol. The van der Waals surface area contributed by atoms with E-state index < -0.39 is 31.0 Å². The molecular formula is C12H12F4N2O. The number of amides is 1. The number of alkyl halides is 4. The highest BCUT2D eigenvalue weighted by atomic mass is 19.3. The standard InChI is InChI=1S/C12H12F4N2O/c13-11(14)12(15,16)7-18-9(19)6-17-10(18)8-4-2-1-3-5-8/h1-5,10-11,17H,6-7H2. The van der Waals surface area contributed by atoms with E-state index >= 15 is 0 Å². The molecule has 1 atom stereocenters. The van der Waals surface area contributed by atoms with Crippen LogP contribution in [-0.4, -0.2) is 36.2 Å². The second-order valence-corrected chi connectivity index (χ2v) is 4.28. The van der Waals surface area contributed by atoms with Gasteiger partial charge in [0.1, 0.15) is 6.17 Å². The van der Waals surface area contributed by atoms with Gasteiger partial charge in [-0.05, 0) is 5.56 Å². The van der Waals surface area contributed by atoms with Crippen LogP contribution in [0, 0.1) is 0 Å². The van der Waals surface area contributed by atoms with E-state index in [0.29, 0.717) is 5.56 Å². The van der Waals surface area contributed by atoms with E-state index in [9.17, 15) is 22.4 Å². The highest BCUT2D eigenvalue weighted by molar-refractivity contribution is 5.81. The topological polar surface area (TPSA) is 32.3 Å². The van der Waals surface area contributed by atoms with E-state index in [1.165, 1.54) is 0 Å². The summed E-state index contributed by atoms with van der Waals surface area (Å²) in [5.74, 6) is -4.83. The van der Waals surface area contributed by atoms with Crippen molar-refractivity contribution < 1.29 is 22.4 Å². The van der Waals surface area contributed by atoms with Gasteiger partial charge in [0.05, 0.1) is 13.1 Å². The molecule has 0 radical (unpaired) electrons. The Balaban J connectivity index is 2.19. The van der Waals surface area contributed by atoms with Crippen molar-refractivity contribution >= 4 is 5.91 Å². The lowest BCUT2D eigenvalue weighted by atomic mass is 10.1. The zero-order valence-corrected chi connectivity index (χ0v) is 9.82. The van der Waals surface area contributed by atoms with Crippen LogP contribution in [0.25, 0.3) is 0 Å². The summed E-state index contributed by atoms with van der Waals surface area (Å²) >= 11 is 0. The van der Waals surface area contributed by atoms with Crippen molar-refractivity contribution in [1.29, 1.82) is 0 Å². The minimum atomic E-state index is -4.21. The number of carbonyl (C=O) groups is 1. The summed E-state index contributed by atoms with van der Waals surface area (Å²) in [6.07, 6.45) is -4.59. The molecule has 1 fully saturated rings. The fraction of sp³-hybridized carbons (Fsp3) is 0.417. The Labute approximate surface area is 107 Å². The SMILES string of the molecule is O=C1CNC(c2ccccc2)N1CC(F)(F)C(F)F. The Kier molecular flexibility index (Phi) is 3.75. The number of nitrogens with zero attached hydrogens (tertiary/aromatic N) is 1. The molecule has 0 aliphatic carbocycles. The minimum Gasteiger partial charge on any atom is -0.316 e. The zero-order valence-electron chi connectivity index (χ0n) is 9.82. The van der Waals surface area contributed by atoms with Crippen molar-refractivity contribution in [2.24, 2.45) is 0 Å². The molecule has 19 heavy (non-hydrogen) atoms. The normalized spacial score (nSPS) is 20.4. The van der Waals surface area contributed by atoms with Crippen molar-refractivity contribution in [3.63, 3.8) is 0 Å². The molecule has 1 aliphatic heterocycles. The molecule has 104 valence electrons. The van der Waals surface area contributed by atoms with Gasteiger partial charge in [0.25, 0.3) is 0 Å². The molecule has 1 N–H and O–H groups in total. The fourth-order valence-corrected chi connectivity index (χ4v) is 1.95. The van der Waals surface area contributed by atoms with E-state index in [-0.39, 0.29) is 6.54 Å². The molecule has 0 aromatic heterocycles. The lowest BCUT2D eigenvalue weighted by Crippen LogP contribution is -2.44. The average molecular weight is 276 g/mol. The highest BCUT2D eigenvalue weighted by Gasteiger charge is 2.46. The van der Waals surface area contributed by atoms with E-state index in [1.54, 1.807) is 30.3 Å². The van der Waals surface area contributed by atoms with E-state index in [4.69, 9.17) is 0 Å². The van der Waals surface area contributed by atoms with Crippen LogP contribution in [0.5, 0.6) is 0 Å². The Bertz CT molecular complexity index is 452. The van der Waals surface area contributed by atoms with Gasteiger partial charge < -0.3 is 4.90 Å². The summed E-state index contributed by atoms with van der Waals surface area (Å²) in [5, 5.41) is 2.73. The Morgan fingerprint density at radius 2 is 1.95 bits per heavy atom. The number of rotatable bonds is 4. The average Bonchev–Trinajstić information content (AvgIpc) is 2.71. The minimum absolute atomic E-state index is 0.140. The monoisotopic (exact) mass is 276 g/mol. The van der Waals surface area contributed by atoms with Gasteiger partial charge in [0, 0.05) is 0 Å². The van der Waals surface area contributed by atoms with Gasteiger partial charge in [-0.15, -0.1) is 0 Å². The summed E-state index contributed by atoms with van der Waals surface area (Å²) in [6, 6.07) is 8.39. The first-order valence-electron chi connectivity index (χ1n) is 5.65. The van der Waals surface area contributed by atoms with Crippen LogP contribution in [0.1, 0.15) is 11.7 Å². The van der Waals surface area contributed by atoms with Crippen molar-refractivity contribution in [1.82, 2.24) is 10.2 Å². The van der Waals surface area contributed by atoms with Crippen LogP contribution in [0.3, 0.4) is 0 Å². The predicted octanol–water partition coefficient (Wildman–Crippen LogP) is 2.02.